The van der Waals surface area contributed by atoms with Crippen molar-refractivity contribution in [2.45, 2.75) is 38.7 Å². The number of ketones is 1. The number of hydrogen-bond donors (Lipinski definition) is 0. The van der Waals surface area contributed by atoms with E-state index < -0.39 is 0 Å². The molecule has 0 aromatic rings. The first-order chi connectivity index (χ1) is 4.83. The summed E-state index contributed by atoms with van der Waals surface area (Å²) in [6.07, 6.45) is 3.64. The van der Waals surface area contributed by atoms with E-state index in [1.807, 2.05) is 0 Å². The zero-order valence-electron chi connectivity index (χ0n) is 6.43. The third-order valence-electron chi connectivity index (χ3n) is 1.93. The standard InChI is InChI=1S/C8H14O2/c1-2-8-4-3-7(9)5-6-10-8/h8H,2-6H2,1H3. The minimum absolute atomic E-state index is 0.339. The van der Waals surface area contributed by atoms with Gasteiger partial charge in [0.15, 0.2) is 0 Å². The Morgan fingerprint density at radius 1 is 1.60 bits per heavy atom. The first kappa shape index (κ1) is 7.73. The summed E-state index contributed by atoms with van der Waals surface area (Å²) in [6.45, 7) is 2.73. The molecule has 1 heterocycles. The van der Waals surface area contributed by atoms with E-state index >= 15 is 0 Å². The van der Waals surface area contributed by atoms with Gasteiger partial charge in [-0.15, -0.1) is 0 Å². The Labute approximate surface area is 61.6 Å². The minimum atomic E-state index is 0.339. The summed E-state index contributed by atoms with van der Waals surface area (Å²) in [4.78, 5) is 10.9. The van der Waals surface area contributed by atoms with Gasteiger partial charge in [-0.05, 0) is 12.8 Å². The number of Topliss-reactive ketones (excluding diaryl/α,β-unsaturated/α-hetero) is 1. The van der Waals surface area contributed by atoms with Crippen LogP contribution in [0.3, 0.4) is 0 Å². The van der Waals surface area contributed by atoms with E-state index in [0.29, 0.717) is 24.9 Å². The summed E-state index contributed by atoms with van der Waals surface area (Å²) in [5.74, 6) is 0.357. The topological polar surface area (TPSA) is 26.3 Å². The van der Waals surface area contributed by atoms with Crippen LogP contribution in [0.25, 0.3) is 0 Å². The molecule has 1 unspecified atom stereocenters. The lowest BCUT2D eigenvalue weighted by atomic mass is 10.1. The van der Waals surface area contributed by atoms with Gasteiger partial charge < -0.3 is 4.74 Å². The number of carbonyl (C=O) groups excluding carboxylic acids is 1. The Bertz CT molecular complexity index is 120. The number of carbonyl (C=O) groups is 1. The van der Waals surface area contributed by atoms with Gasteiger partial charge in [-0.3, -0.25) is 4.79 Å². The van der Waals surface area contributed by atoms with Crippen molar-refractivity contribution >= 4 is 5.78 Å². The van der Waals surface area contributed by atoms with Gasteiger partial charge >= 0.3 is 0 Å². The quantitative estimate of drug-likeness (QED) is 0.555. The molecule has 1 atom stereocenters. The molecule has 0 aromatic heterocycles. The third-order valence-corrected chi connectivity index (χ3v) is 1.93. The Balaban J connectivity index is 2.33. The van der Waals surface area contributed by atoms with Gasteiger partial charge in [-0.1, -0.05) is 6.92 Å². The van der Waals surface area contributed by atoms with Gasteiger partial charge in [0, 0.05) is 12.8 Å². The van der Waals surface area contributed by atoms with E-state index in [9.17, 15) is 4.79 Å². The molecule has 0 spiro atoms. The first-order valence-corrected chi connectivity index (χ1v) is 3.96. The Morgan fingerprint density at radius 2 is 2.40 bits per heavy atom. The molecule has 0 aliphatic carbocycles. The van der Waals surface area contributed by atoms with Gasteiger partial charge in [0.1, 0.15) is 5.78 Å². The van der Waals surface area contributed by atoms with Gasteiger partial charge in [0.05, 0.1) is 12.7 Å². The van der Waals surface area contributed by atoms with Gasteiger partial charge in [0.25, 0.3) is 0 Å². The van der Waals surface area contributed by atoms with Crippen LogP contribution in [0.5, 0.6) is 0 Å². The van der Waals surface area contributed by atoms with E-state index in [4.69, 9.17) is 4.74 Å². The Kier molecular flexibility index (Phi) is 2.87. The fourth-order valence-electron chi connectivity index (χ4n) is 1.19. The molecular formula is C8H14O2. The number of rotatable bonds is 1. The molecule has 1 fully saturated rings. The van der Waals surface area contributed by atoms with Crippen molar-refractivity contribution in [1.29, 1.82) is 0 Å². The second-order valence-corrected chi connectivity index (χ2v) is 2.73. The van der Waals surface area contributed by atoms with Crippen molar-refractivity contribution in [1.82, 2.24) is 0 Å². The molecule has 10 heavy (non-hydrogen) atoms. The van der Waals surface area contributed by atoms with Crippen molar-refractivity contribution in [2.75, 3.05) is 6.61 Å². The lowest BCUT2D eigenvalue weighted by Gasteiger charge is -2.09. The zero-order valence-corrected chi connectivity index (χ0v) is 6.43. The fourth-order valence-corrected chi connectivity index (χ4v) is 1.19. The van der Waals surface area contributed by atoms with Gasteiger partial charge in [-0.2, -0.15) is 0 Å². The smallest absolute Gasteiger partial charge is 0.135 e. The van der Waals surface area contributed by atoms with Gasteiger partial charge in [-0.25, -0.2) is 0 Å². The van der Waals surface area contributed by atoms with Crippen LogP contribution in [0.4, 0.5) is 0 Å². The molecule has 1 rings (SSSR count). The van der Waals surface area contributed by atoms with E-state index in [1.165, 1.54) is 0 Å². The highest BCUT2D eigenvalue weighted by atomic mass is 16.5. The van der Waals surface area contributed by atoms with Crippen LogP contribution in [0.15, 0.2) is 0 Å². The molecule has 1 aliphatic heterocycles. The Hall–Kier alpha value is -0.370. The maximum atomic E-state index is 10.9. The van der Waals surface area contributed by atoms with Crippen LogP contribution in [0.2, 0.25) is 0 Å². The highest BCUT2D eigenvalue weighted by Crippen LogP contribution is 2.12. The van der Waals surface area contributed by atoms with Crippen LogP contribution in [-0.4, -0.2) is 18.5 Å². The average Bonchev–Trinajstić information content (AvgIpc) is 2.14. The lowest BCUT2D eigenvalue weighted by molar-refractivity contribution is -0.119. The van der Waals surface area contributed by atoms with Crippen LogP contribution < -0.4 is 0 Å². The normalized spacial score (nSPS) is 28.1. The molecule has 58 valence electrons. The van der Waals surface area contributed by atoms with Crippen LogP contribution in [0, 0.1) is 0 Å². The molecular weight excluding hydrogens is 128 g/mol. The van der Waals surface area contributed by atoms with E-state index in [-0.39, 0.29) is 0 Å². The van der Waals surface area contributed by atoms with Gasteiger partial charge in [0.2, 0.25) is 0 Å². The zero-order chi connectivity index (χ0) is 7.40. The monoisotopic (exact) mass is 142 g/mol. The van der Waals surface area contributed by atoms with Crippen LogP contribution >= 0.6 is 0 Å². The predicted molar refractivity (Wildman–Crippen MR) is 38.9 cm³/mol. The second kappa shape index (κ2) is 3.71. The van der Waals surface area contributed by atoms with Crippen molar-refractivity contribution < 1.29 is 9.53 Å². The fraction of sp³-hybridized carbons (Fsp3) is 0.875. The lowest BCUT2D eigenvalue weighted by Crippen LogP contribution is -2.08. The maximum absolute atomic E-state index is 10.9. The molecule has 0 radical (unpaired) electrons. The van der Waals surface area contributed by atoms with E-state index in [1.54, 1.807) is 0 Å². The van der Waals surface area contributed by atoms with Crippen molar-refractivity contribution in [3.05, 3.63) is 0 Å². The first-order valence-electron chi connectivity index (χ1n) is 3.96. The molecule has 0 amide bonds. The highest BCUT2D eigenvalue weighted by molar-refractivity contribution is 5.78. The van der Waals surface area contributed by atoms with Crippen molar-refractivity contribution in [2.24, 2.45) is 0 Å². The maximum Gasteiger partial charge on any atom is 0.135 e. The van der Waals surface area contributed by atoms with Crippen LogP contribution in [-0.2, 0) is 9.53 Å². The number of hydrogen-bond acceptors (Lipinski definition) is 2. The summed E-state index contributed by atoms with van der Waals surface area (Å²) >= 11 is 0. The summed E-state index contributed by atoms with van der Waals surface area (Å²) < 4.78 is 5.40. The van der Waals surface area contributed by atoms with E-state index in [2.05, 4.69) is 6.92 Å². The molecule has 0 saturated carbocycles. The molecule has 2 nitrogen and oxygen atoms in total. The second-order valence-electron chi connectivity index (χ2n) is 2.73. The molecule has 0 aromatic carbocycles. The van der Waals surface area contributed by atoms with Crippen LogP contribution in [0.1, 0.15) is 32.6 Å². The summed E-state index contributed by atoms with van der Waals surface area (Å²) in [5.41, 5.74) is 0. The third kappa shape index (κ3) is 2.10. The summed E-state index contributed by atoms with van der Waals surface area (Å²) in [6, 6.07) is 0. The summed E-state index contributed by atoms with van der Waals surface area (Å²) in [7, 11) is 0. The SMILES string of the molecule is CCC1CCC(=O)CCO1. The highest BCUT2D eigenvalue weighted by Gasteiger charge is 2.14. The number of ether oxygens (including phenoxy) is 1. The molecule has 2 heteroatoms. The molecule has 0 bridgehead atoms. The van der Waals surface area contributed by atoms with Crippen molar-refractivity contribution in [3.8, 4) is 0 Å². The van der Waals surface area contributed by atoms with Crippen molar-refractivity contribution in [3.63, 3.8) is 0 Å². The Morgan fingerprint density at radius 3 is 3.10 bits per heavy atom. The molecule has 1 saturated heterocycles. The predicted octanol–water partition coefficient (Wildman–Crippen LogP) is 1.53. The molecule has 1 aliphatic rings. The summed E-state index contributed by atoms with van der Waals surface area (Å²) in [5, 5.41) is 0. The van der Waals surface area contributed by atoms with E-state index in [0.717, 1.165) is 19.3 Å². The molecule has 0 N–H and O–H groups in total. The average molecular weight is 142 g/mol. The minimum Gasteiger partial charge on any atom is -0.378 e. The largest absolute Gasteiger partial charge is 0.378 e.